The van der Waals surface area contributed by atoms with E-state index in [1.54, 1.807) is 11.3 Å². The first kappa shape index (κ1) is 15.1. The molecular weight excluding hydrogens is 330 g/mol. The maximum absolute atomic E-state index is 13.2. The Kier molecular flexibility index (Phi) is 3.63. The van der Waals surface area contributed by atoms with Gasteiger partial charge in [-0.2, -0.15) is 0 Å². The van der Waals surface area contributed by atoms with E-state index in [9.17, 15) is 4.79 Å². The lowest BCUT2D eigenvalue weighted by atomic mass is 10.00. The summed E-state index contributed by atoms with van der Waals surface area (Å²) in [7, 11) is 0. The monoisotopic (exact) mass is 351 g/mol. The minimum absolute atomic E-state index is 0.116. The van der Waals surface area contributed by atoms with Gasteiger partial charge in [-0.05, 0) is 49.4 Å². The standard InChI is InChI=1S/C20H21N3OS/c24-19(18-13-14-7-3-1-2-4-10-17(14)25-18)23-12-11-22-16-9-6-5-8-15(16)21-20(22)23/h5-6,8-9,13H,1-4,7,10-12H2. The molecule has 1 amide bonds. The van der Waals surface area contributed by atoms with Gasteiger partial charge >= 0.3 is 0 Å². The number of carbonyl (C=O) groups is 1. The summed E-state index contributed by atoms with van der Waals surface area (Å²) in [5.41, 5.74) is 3.49. The number of benzene rings is 1. The average molecular weight is 351 g/mol. The zero-order chi connectivity index (χ0) is 16.8. The molecule has 0 N–H and O–H groups in total. The van der Waals surface area contributed by atoms with Crippen molar-refractivity contribution in [1.29, 1.82) is 0 Å². The van der Waals surface area contributed by atoms with Gasteiger partial charge in [0.25, 0.3) is 5.91 Å². The van der Waals surface area contributed by atoms with Crippen LogP contribution in [-0.4, -0.2) is 22.0 Å². The molecular formula is C20H21N3OS. The summed E-state index contributed by atoms with van der Waals surface area (Å²) < 4.78 is 2.16. The van der Waals surface area contributed by atoms with Crippen molar-refractivity contribution in [3.63, 3.8) is 0 Å². The van der Waals surface area contributed by atoms with Crippen molar-refractivity contribution in [3.8, 4) is 0 Å². The van der Waals surface area contributed by atoms with E-state index in [4.69, 9.17) is 4.98 Å². The lowest BCUT2D eigenvalue weighted by Gasteiger charge is -2.12. The van der Waals surface area contributed by atoms with Crippen LogP contribution in [0.25, 0.3) is 11.0 Å². The topological polar surface area (TPSA) is 38.1 Å². The third kappa shape index (κ3) is 2.49. The fourth-order valence-electron chi connectivity index (χ4n) is 4.06. The van der Waals surface area contributed by atoms with Crippen molar-refractivity contribution in [1.82, 2.24) is 9.55 Å². The van der Waals surface area contributed by atoms with E-state index in [2.05, 4.69) is 16.7 Å². The van der Waals surface area contributed by atoms with E-state index in [0.717, 1.165) is 41.2 Å². The van der Waals surface area contributed by atoms with Crippen molar-refractivity contribution in [2.75, 3.05) is 11.4 Å². The molecule has 25 heavy (non-hydrogen) atoms. The lowest BCUT2D eigenvalue weighted by molar-refractivity contribution is 0.0992. The van der Waals surface area contributed by atoms with E-state index in [1.807, 2.05) is 23.1 Å². The molecule has 2 aliphatic rings. The summed E-state index contributed by atoms with van der Waals surface area (Å²) in [6.07, 6.45) is 7.38. The molecule has 4 nitrogen and oxygen atoms in total. The van der Waals surface area contributed by atoms with E-state index < -0.39 is 0 Å². The third-order valence-corrected chi connectivity index (χ3v) is 6.60. The Bertz CT molecular complexity index is 930. The van der Waals surface area contributed by atoms with Crippen LogP contribution < -0.4 is 4.90 Å². The maximum Gasteiger partial charge on any atom is 0.270 e. The minimum atomic E-state index is 0.116. The van der Waals surface area contributed by atoms with E-state index in [-0.39, 0.29) is 5.91 Å². The summed E-state index contributed by atoms with van der Waals surface area (Å²) in [4.78, 5) is 22.0. The molecule has 1 aliphatic carbocycles. The van der Waals surface area contributed by atoms with Gasteiger partial charge < -0.3 is 4.57 Å². The predicted molar refractivity (Wildman–Crippen MR) is 102 cm³/mol. The Morgan fingerprint density at radius 2 is 1.88 bits per heavy atom. The van der Waals surface area contributed by atoms with Crippen molar-refractivity contribution < 1.29 is 4.79 Å². The molecule has 0 unspecified atom stereocenters. The molecule has 2 aromatic heterocycles. The quantitative estimate of drug-likeness (QED) is 0.651. The minimum Gasteiger partial charge on any atom is -0.308 e. The van der Waals surface area contributed by atoms with Crippen LogP contribution in [-0.2, 0) is 19.4 Å². The van der Waals surface area contributed by atoms with Crippen LogP contribution in [0.15, 0.2) is 30.3 Å². The number of nitrogens with zero attached hydrogens (tertiary/aromatic N) is 3. The largest absolute Gasteiger partial charge is 0.308 e. The number of rotatable bonds is 1. The van der Waals surface area contributed by atoms with Crippen molar-refractivity contribution in [3.05, 3.63) is 45.6 Å². The van der Waals surface area contributed by atoms with Gasteiger partial charge in [0.2, 0.25) is 5.95 Å². The summed E-state index contributed by atoms with van der Waals surface area (Å²) in [5.74, 6) is 0.915. The molecule has 5 rings (SSSR count). The average Bonchev–Trinajstić information content (AvgIpc) is 3.27. The lowest BCUT2D eigenvalue weighted by Crippen LogP contribution is -2.28. The Morgan fingerprint density at radius 3 is 2.80 bits per heavy atom. The Morgan fingerprint density at radius 1 is 1.04 bits per heavy atom. The van der Waals surface area contributed by atoms with Gasteiger partial charge in [0.15, 0.2) is 0 Å². The van der Waals surface area contributed by atoms with Crippen LogP contribution in [0, 0.1) is 0 Å². The number of hydrogen-bond acceptors (Lipinski definition) is 3. The van der Waals surface area contributed by atoms with Crippen LogP contribution in [0.5, 0.6) is 0 Å². The highest BCUT2D eigenvalue weighted by atomic mass is 32.1. The summed E-state index contributed by atoms with van der Waals surface area (Å²) in [5, 5.41) is 0. The van der Waals surface area contributed by atoms with E-state index >= 15 is 0 Å². The van der Waals surface area contributed by atoms with Gasteiger partial charge in [-0.1, -0.05) is 25.0 Å². The number of para-hydroxylation sites is 2. The number of imidazole rings is 1. The first-order chi connectivity index (χ1) is 12.3. The smallest absolute Gasteiger partial charge is 0.270 e. The second-order valence-electron chi connectivity index (χ2n) is 6.98. The Hall–Kier alpha value is -2.14. The van der Waals surface area contributed by atoms with Crippen LogP contribution >= 0.6 is 11.3 Å². The summed E-state index contributed by atoms with van der Waals surface area (Å²) in [6.45, 7) is 1.54. The van der Waals surface area contributed by atoms with Gasteiger partial charge in [-0.25, -0.2) is 4.98 Å². The Balaban J connectivity index is 1.49. The molecule has 3 aromatic rings. The molecule has 3 heterocycles. The number of thiophene rings is 1. The molecule has 0 spiro atoms. The van der Waals surface area contributed by atoms with Crippen molar-refractivity contribution >= 4 is 34.2 Å². The highest BCUT2D eigenvalue weighted by Gasteiger charge is 2.30. The SMILES string of the molecule is O=C(c1cc2c(s1)CCCCCC2)N1CCn2c1nc1ccccc12. The molecule has 1 aliphatic heterocycles. The predicted octanol–water partition coefficient (Wildman–Crippen LogP) is 4.42. The van der Waals surface area contributed by atoms with Gasteiger partial charge in [-0.15, -0.1) is 11.3 Å². The number of fused-ring (bicyclic) bond motifs is 4. The van der Waals surface area contributed by atoms with Gasteiger partial charge in [0.05, 0.1) is 15.9 Å². The van der Waals surface area contributed by atoms with Crippen LogP contribution in [0.1, 0.15) is 45.8 Å². The molecule has 0 saturated carbocycles. The fourth-order valence-corrected chi connectivity index (χ4v) is 5.27. The highest BCUT2D eigenvalue weighted by Crippen LogP contribution is 2.32. The number of aryl methyl sites for hydroxylation is 2. The second kappa shape index (κ2) is 5.99. The van der Waals surface area contributed by atoms with Gasteiger partial charge in [0.1, 0.15) is 0 Å². The molecule has 0 radical (unpaired) electrons. The fraction of sp³-hybridized carbons (Fsp3) is 0.400. The van der Waals surface area contributed by atoms with Gasteiger partial charge in [0, 0.05) is 18.0 Å². The zero-order valence-corrected chi connectivity index (χ0v) is 15.0. The molecule has 128 valence electrons. The first-order valence-electron chi connectivity index (χ1n) is 9.20. The molecule has 0 saturated heterocycles. The summed E-state index contributed by atoms with van der Waals surface area (Å²) >= 11 is 1.71. The second-order valence-corrected chi connectivity index (χ2v) is 8.12. The zero-order valence-electron chi connectivity index (χ0n) is 14.2. The number of anilines is 1. The Labute approximate surface area is 151 Å². The molecule has 0 fully saturated rings. The van der Waals surface area contributed by atoms with Crippen molar-refractivity contribution in [2.45, 2.75) is 45.1 Å². The summed E-state index contributed by atoms with van der Waals surface area (Å²) in [6, 6.07) is 10.3. The normalized spacial score (nSPS) is 17.2. The van der Waals surface area contributed by atoms with E-state index in [1.165, 1.54) is 36.1 Å². The first-order valence-corrected chi connectivity index (χ1v) is 10.0. The van der Waals surface area contributed by atoms with Crippen molar-refractivity contribution in [2.24, 2.45) is 0 Å². The molecule has 1 aromatic carbocycles. The van der Waals surface area contributed by atoms with E-state index in [0.29, 0.717) is 6.54 Å². The van der Waals surface area contributed by atoms with Crippen LogP contribution in [0.3, 0.4) is 0 Å². The van der Waals surface area contributed by atoms with Crippen LogP contribution in [0.2, 0.25) is 0 Å². The molecule has 5 heteroatoms. The third-order valence-electron chi connectivity index (χ3n) is 5.38. The number of hydrogen-bond donors (Lipinski definition) is 0. The molecule has 0 bridgehead atoms. The highest BCUT2D eigenvalue weighted by molar-refractivity contribution is 7.14. The van der Waals surface area contributed by atoms with Gasteiger partial charge in [-0.3, -0.25) is 9.69 Å². The maximum atomic E-state index is 13.2. The molecule has 0 atom stereocenters. The number of amides is 1. The number of aromatic nitrogens is 2. The van der Waals surface area contributed by atoms with Crippen LogP contribution in [0.4, 0.5) is 5.95 Å². The number of carbonyl (C=O) groups excluding carboxylic acids is 1.